The molecule has 102 valence electrons. The average Bonchev–Trinajstić information content (AvgIpc) is 3.09. The molecule has 0 amide bonds. The molecule has 1 aliphatic heterocycles. The van der Waals surface area contributed by atoms with Gasteiger partial charge in [-0.3, -0.25) is 4.90 Å². The van der Waals surface area contributed by atoms with Crippen LogP contribution in [0.15, 0.2) is 17.5 Å². The highest BCUT2D eigenvalue weighted by atomic mass is 35.5. The van der Waals surface area contributed by atoms with E-state index in [0.29, 0.717) is 0 Å². The highest BCUT2D eigenvalue weighted by Gasteiger charge is 2.30. The summed E-state index contributed by atoms with van der Waals surface area (Å²) >= 11 is 1.90. The standard InChI is InChI=1S/C14H22N2S.ClH/c1-2-14(17-9-1)11-16(13-3-4-13)10-12-5-7-15-8-6-12;/h1-2,9,12-13,15H,3-8,10-11H2;1H. The number of piperidine rings is 1. The van der Waals surface area contributed by atoms with Crippen LogP contribution in [0.25, 0.3) is 0 Å². The average molecular weight is 287 g/mol. The van der Waals surface area contributed by atoms with Crippen molar-refractivity contribution in [1.82, 2.24) is 10.2 Å². The Balaban J connectivity index is 0.00000120. The fraction of sp³-hybridized carbons (Fsp3) is 0.714. The van der Waals surface area contributed by atoms with Gasteiger partial charge in [0.15, 0.2) is 0 Å². The Labute approximate surface area is 120 Å². The molecule has 4 heteroatoms. The van der Waals surface area contributed by atoms with E-state index < -0.39 is 0 Å². The molecule has 2 aliphatic rings. The van der Waals surface area contributed by atoms with Gasteiger partial charge < -0.3 is 5.32 Å². The second-order valence-corrected chi connectivity index (χ2v) is 6.47. The number of hydrogen-bond donors (Lipinski definition) is 1. The molecule has 0 radical (unpaired) electrons. The molecule has 1 N–H and O–H groups in total. The van der Waals surface area contributed by atoms with E-state index in [4.69, 9.17) is 0 Å². The first-order valence-electron chi connectivity index (χ1n) is 6.89. The van der Waals surface area contributed by atoms with Gasteiger partial charge in [-0.15, -0.1) is 23.7 Å². The van der Waals surface area contributed by atoms with Gasteiger partial charge in [0.1, 0.15) is 0 Å². The van der Waals surface area contributed by atoms with E-state index in [2.05, 4.69) is 27.7 Å². The van der Waals surface area contributed by atoms with Crippen LogP contribution < -0.4 is 5.32 Å². The van der Waals surface area contributed by atoms with Crippen molar-refractivity contribution in [2.75, 3.05) is 19.6 Å². The van der Waals surface area contributed by atoms with E-state index in [-0.39, 0.29) is 12.4 Å². The van der Waals surface area contributed by atoms with Crippen LogP contribution in [-0.4, -0.2) is 30.6 Å². The van der Waals surface area contributed by atoms with Crippen LogP contribution in [0.5, 0.6) is 0 Å². The van der Waals surface area contributed by atoms with Crippen molar-refractivity contribution in [1.29, 1.82) is 0 Å². The van der Waals surface area contributed by atoms with Gasteiger partial charge in [0.25, 0.3) is 0 Å². The van der Waals surface area contributed by atoms with Crippen LogP contribution in [0.3, 0.4) is 0 Å². The molecule has 1 aliphatic carbocycles. The Kier molecular flexibility index (Phi) is 5.49. The van der Waals surface area contributed by atoms with E-state index in [0.717, 1.165) is 12.0 Å². The fourth-order valence-corrected chi connectivity index (χ4v) is 3.51. The van der Waals surface area contributed by atoms with E-state index in [1.807, 2.05) is 11.3 Å². The van der Waals surface area contributed by atoms with Crippen molar-refractivity contribution >= 4 is 23.7 Å². The van der Waals surface area contributed by atoms with E-state index in [9.17, 15) is 0 Å². The fourth-order valence-electron chi connectivity index (χ4n) is 2.78. The van der Waals surface area contributed by atoms with Crippen LogP contribution in [0.2, 0.25) is 0 Å². The van der Waals surface area contributed by atoms with Crippen LogP contribution in [0, 0.1) is 5.92 Å². The van der Waals surface area contributed by atoms with Gasteiger partial charge in [-0.1, -0.05) is 6.07 Å². The monoisotopic (exact) mass is 286 g/mol. The number of hydrogen-bond acceptors (Lipinski definition) is 3. The lowest BCUT2D eigenvalue weighted by molar-refractivity contribution is 0.191. The summed E-state index contributed by atoms with van der Waals surface area (Å²) in [6.07, 6.45) is 5.59. The molecule has 18 heavy (non-hydrogen) atoms. The number of rotatable bonds is 5. The second-order valence-electron chi connectivity index (χ2n) is 5.43. The maximum atomic E-state index is 3.46. The topological polar surface area (TPSA) is 15.3 Å². The van der Waals surface area contributed by atoms with Crippen LogP contribution in [0.4, 0.5) is 0 Å². The normalized spacial score (nSPS) is 20.9. The predicted molar refractivity (Wildman–Crippen MR) is 80.6 cm³/mol. The minimum Gasteiger partial charge on any atom is -0.317 e. The predicted octanol–water partition coefficient (Wildman–Crippen LogP) is 3.13. The molecule has 1 saturated carbocycles. The molecule has 0 bridgehead atoms. The molecule has 2 nitrogen and oxygen atoms in total. The van der Waals surface area contributed by atoms with Crippen LogP contribution in [0.1, 0.15) is 30.6 Å². The van der Waals surface area contributed by atoms with Gasteiger partial charge in [0, 0.05) is 24.0 Å². The second kappa shape index (κ2) is 6.90. The van der Waals surface area contributed by atoms with Crippen molar-refractivity contribution in [3.8, 4) is 0 Å². The first-order chi connectivity index (χ1) is 8.42. The number of nitrogens with zero attached hydrogens (tertiary/aromatic N) is 1. The Hall–Kier alpha value is -0.0900. The number of nitrogens with one attached hydrogen (secondary N) is 1. The van der Waals surface area contributed by atoms with Gasteiger partial charge in [0.2, 0.25) is 0 Å². The summed E-state index contributed by atoms with van der Waals surface area (Å²) in [5.74, 6) is 0.928. The minimum absolute atomic E-state index is 0. The largest absolute Gasteiger partial charge is 0.317 e. The lowest BCUT2D eigenvalue weighted by atomic mass is 9.97. The van der Waals surface area contributed by atoms with Gasteiger partial charge in [0.05, 0.1) is 0 Å². The summed E-state index contributed by atoms with van der Waals surface area (Å²) in [6.45, 7) is 4.96. The first-order valence-corrected chi connectivity index (χ1v) is 7.77. The van der Waals surface area contributed by atoms with Crippen molar-refractivity contribution in [2.45, 2.75) is 38.3 Å². The molecule has 2 heterocycles. The molecule has 0 atom stereocenters. The SMILES string of the molecule is Cl.c1csc(CN(CC2CCNCC2)C2CC2)c1. The first kappa shape index (κ1) is 14.3. The maximum absolute atomic E-state index is 3.46. The summed E-state index contributed by atoms with van der Waals surface area (Å²) in [5.41, 5.74) is 0. The molecule has 0 aromatic carbocycles. The summed E-state index contributed by atoms with van der Waals surface area (Å²) in [7, 11) is 0. The Morgan fingerprint density at radius 3 is 2.61 bits per heavy atom. The third-order valence-corrected chi connectivity index (χ3v) is 4.81. The smallest absolute Gasteiger partial charge is 0.0330 e. The summed E-state index contributed by atoms with van der Waals surface area (Å²) in [5, 5.41) is 5.66. The summed E-state index contributed by atoms with van der Waals surface area (Å²) < 4.78 is 0. The molecule has 2 fully saturated rings. The third kappa shape index (κ3) is 3.95. The lowest BCUT2D eigenvalue weighted by Crippen LogP contribution is -2.36. The van der Waals surface area contributed by atoms with E-state index in [1.165, 1.54) is 56.7 Å². The maximum Gasteiger partial charge on any atom is 0.0330 e. The zero-order chi connectivity index (χ0) is 11.5. The molecular formula is C14H23ClN2S. The molecule has 1 aromatic heterocycles. The van der Waals surface area contributed by atoms with E-state index >= 15 is 0 Å². The van der Waals surface area contributed by atoms with Gasteiger partial charge >= 0.3 is 0 Å². The third-order valence-electron chi connectivity index (χ3n) is 3.95. The van der Waals surface area contributed by atoms with Crippen molar-refractivity contribution in [3.05, 3.63) is 22.4 Å². The van der Waals surface area contributed by atoms with Gasteiger partial charge in [-0.05, 0) is 56.1 Å². The van der Waals surface area contributed by atoms with Gasteiger partial charge in [-0.2, -0.15) is 0 Å². The highest BCUT2D eigenvalue weighted by molar-refractivity contribution is 7.09. The Morgan fingerprint density at radius 2 is 2.00 bits per heavy atom. The molecule has 0 spiro atoms. The molecule has 1 aromatic rings. The molecule has 0 unspecified atom stereocenters. The Morgan fingerprint density at radius 1 is 1.22 bits per heavy atom. The summed E-state index contributed by atoms with van der Waals surface area (Å²) in [6, 6.07) is 5.35. The van der Waals surface area contributed by atoms with Crippen molar-refractivity contribution < 1.29 is 0 Å². The van der Waals surface area contributed by atoms with Crippen molar-refractivity contribution in [3.63, 3.8) is 0 Å². The zero-order valence-electron chi connectivity index (χ0n) is 10.8. The minimum atomic E-state index is 0. The van der Waals surface area contributed by atoms with Crippen LogP contribution in [-0.2, 0) is 6.54 Å². The highest BCUT2D eigenvalue weighted by Crippen LogP contribution is 2.31. The van der Waals surface area contributed by atoms with Crippen molar-refractivity contribution in [2.24, 2.45) is 5.92 Å². The quantitative estimate of drug-likeness (QED) is 0.895. The zero-order valence-corrected chi connectivity index (χ0v) is 12.4. The Bertz CT molecular complexity index is 332. The van der Waals surface area contributed by atoms with E-state index in [1.54, 1.807) is 0 Å². The van der Waals surface area contributed by atoms with Crippen LogP contribution >= 0.6 is 23.7 Å². The number of thiophene rings is 1. The molecule has 1 saturated heterocycles. The lowest BCUT2D eigenvalue weighted by Gasteiger charge is -2.29. The molecule has 3 rings (SSSR count). The molecular weight excluding hydrogens is 264 g/mol. The number of halogens is 1. The summed E-state index contributed by atoms with van der Waals surface area (Å²) in [4.78, 5) is 4.27. The van der Waals surface area contributed by atoms with Gasteiger partial charge in [-0.25, -0.2) is 0 Å².